The first-order valence-corrected chi connectivity index (χ1v) is 5.42. The van der Waals surface area contributed by atoms with Gasteiger partial charge in [-0.25, -0.2) is 9.59 Å². The van der Waals surface area contributed by atoms with Gasteiger partial charge in [-0.1, -0.05) is 0 Å². The maximum absolute atomic E-state index is 11.8. The molecule has 2 aromatic rings. The molecule has 1 aromatic heterocycles. The van der Waals surface area contributed by atoms with Gasteiger partial charge in [0.1, 0.15) is 5.69 Å². The first kappa shape index (κ1) is 12.1. The molecule has 0 atom stereocenters. The summed E-state index contributed by atoms with van der Waals surface area (Å²) < 4.78 is 3.09. The van der Waals surface area contributed by atoms with Crippen molar-refractivity contribution >= 4 is 28.5 Å². The van der Waals surface area contributed by atoms with Crippen LogP contribution in [0.1, 0.15) is 0 Å². The lowest BCUT2D eigenvalue weighted by Crippen LogP contribution is -2.19. The molecule has 0 N–H and O–H groups in total. The standard InChI is InChI=1S/C12H14N4O2/c1-14(2)9-6-11-10(5-8(9)13-7-17)15(3)12(18)16(11)4/h5-6H,1-4H3. The van der Waals surface area contributed by atoms with E-state index in [1.165, 1.54) is 10.6 Å². The molecule has 0 bridgehead atoms. The van der Waals surface area contributed by atoms with Crippen molar-refractivity contribution < 1.29 is 4.79 Å². The molecule has 0 saturated carbocycles. The number of anilines is 1. The highest BCUT2D eigenvalue weighted by Gasteiger charge is 2.13. The molecular formula is C12H14N4O2. The number of benzene rings is 1. The molecule has 0 fully saturated rings. The molecular weight excluding hydrogens is 232 g/mol. The maximum atomic E-state index is 11.8. The average Bonchev–Trinajstić information content (AvgIpc) is 2.54. The largest absolute Gasteiger partial charge is 0.376 e. The Morgan fingerprint density at radius 1 is 1.17 bits per heavy atom. The highest BCUT2D eigenvalue weighted by atomic mass is 16.1. The normalized spacial score (nSPS) is 10.4. The van der Waals surface area contributed by atoms with E-state index in [0.29, 0.717) is 5.69 Å². The van der Waals surface area contributed by atoms with Gasteiger partial charge in [-0.05, 0) is 12.1 Å². The Bertz CT molecular complexity index is 718. The average molecular weight is 246 g/mol. The van der Waals surface area contributed by atoms with E-state index in [0.717, 1.165) is 16.7 Å². The number of isocyanates is 1. The Kier molecular flexibility index (Phi) is 2.80. The number of carbonyl (C=O) groups excluding carboxylic acids is 1. The second-order valence-corrected chi connectivity index (χ2v) is 4.33. The van der Waals surface area contributed by atoms with Crippen molar-refractivity contribution in [2.24, 2.45) is 19.1 Å². The third-order valence-electron chi connectivity index (χ3n) is 3.02. The van der Waals surface area contributed by atoms with Crippen molar-refractivity contribution in [2.75, 3.05) is 19.0 Å². The molecule has 2 rings (SSSR count). The van der Waals surface area contributed by atoms with E-state index in [-0.39, 0.29) is 5.69 Å². The molecule has 1 aromatic carbocycles. The van der Waals surface area contributed by atoms with Crippen LogP contribution < -0.4 is 10.6 Å². The molecule has 0 spiro atoms. The van der Waals surface area contributed by atoms with Gasteiger partial charge in [0.2, 0.25) is 6.08 Å². The first-order chi connectivity index (χ1) is 8.47. The maximum Gasteiger partial charge on any atom is 0.328 e. The fourth-order valence-electron chi connectivity index (χ4n) is 2.02. The summed E-state index contributed by atoms with van der Waals surface area (Å²) in [5.74, 6) is 0. The van der Waals surface area contributed by atoms with Gasteiger partial charge in [0.05, 0.1) is 16.7 Å². The number of imidazole rings is 1. The molecule has 1 heterocycles. The minimum atomic E-state index is -0.109. The summed E-state index contributed by atoms with van der Waals surface area (Å²) in [6.07, 6.45) is 1.54. The number of nitrogens with zero attached hydrogens (tertiary/aromatic N) is 4. The lowest BCUT2D eigenvalue weighted by molar-refractivity contribution is 0.565. The molecule has 0 aliphatic heterocycles. The smallest absolute Gasteiger partial charge is 0.328 e. The summed E-state index contributed by atoms with van der Waals surface area (Å²) in [4.78, 5) is 27.8. The van der Waals surface area contributed by atoms with Crippen LogP contribution in [0.4, 0.5) is 11.4 Å². The van der Waals surface area contributed by atoms with Crippen LogP contribution in [-0.4, -0.2) is 29.3 Å². The van der Waals surface area contributed by atoms with Crippen LogP contribution in [0.25, 0.3) is 11.0 Å². The Morgan fingerprint density at radius 3 is 2.22 bits per heavy atom. The van der Waals surface area contributed by atoms with Gasteiger partial charge >= 0.3 is 5.69 Å². The summed E-state index contributed by atoms with van der Waals surface area (Å²) in [6, 6.07) is 3.56. The van der Waals surface area contributed by atoms with Gasteiger partial charge in [0.25, 0.3) is 0 Å². The fraction of sp³-hybridized carbons (Fsp3) is 0.333. The summed E-state index contributed by atoms with van der Waals surface area (Å²) >= 11 is 0. The van der Waals surface area contributed by atoms with Crippen LogP contribution in [0.2, 0.25) is 0 Å². The van der Waals surface area contributed by atoms with E-state index >= 15 is 0 Å². The van der Waals surface area contributed by atoms with Crippen molar-refractivity contribution in [1.82, 2.24) is 9.13 Å². The number of fused-ring (bicyclic) bond motifs is 1. The summed E-state index contributed by atoms with van der Waals surface area (Å²) in [7, 11) is 7.11. The number of hydrogen-bond donors (Lipinski definition) is 0. The van der Waals surface area contributed by atoms with E-state index in [1.54, 1.807) is 24.7 Å². The van der Waals surface area contributed by atoms with Gasteiger partial charge in [0, 0.05) is 28.2 Å². The number of aromatic nitrogens is 2. The van der Waals surface area contributed by atoms with E-state index in [4.69, 9.17) is 0 Å². The van der Waals surface area contributed by atoms with Crippen molar-refractivity contribution in [1.29, 1.82) is 0 Å². The molecule has 0 aliphatic rings. The molecule has 0 aliphatic carbocycles. The topological polar surface area (TPSA) is 59.6 Å². The number of rotatable bonds is 2. The van der Waals surface area contributed by atoms with E-state index in [1.807, 2.05) is 25.1 Å². The second-order valence-electron chi connectivity index (χ2n) is 4.33. The minimum absolute atomic E-state index is 0.109. The summed E-state index contributed by atoms with van der Waals surface area (Å²) in [5.41, 5.74) is 2.70. The molecule has 0 unspecified atom stereocenters. The van der Waals surface area contributed by atoms with Crippen LogP contribution in [0, 0.1) is 0 Å². The third-order valence-corrected chi connectivity index (χ3v) is 3.02. The predicted octanol–water partition coefficient (Wildman–Crippen LogP) is 0.910. The summed E-state index contributed by atoms with van der Waals surface area (Å²) in [5, 5.41) is 0. The molecule has 0 amide bonds. The van der Waals surface area contributed by atoms with Crippen molar-refractivity contribution in [2.45, 2.75) is 0 Å². The van der Waals surface area contributed by atoms with E-state index in [9.17, 15) is 9.59 Å². The number of hydrogen-bond acceptors (Lipinski definition) is 4. The van der Waals surface area contributed by atoms with Gasteiger partial charge in [0.15, 0.2) is 0 Å². The van der Waals surface area contributed by atoms with Crippen LogP contribution in [-0.2, 0) is 18.9 Å². The molecule has 18 heavy (non-hydrogen) atoms. The Morgan fingerprint density at radius 2 is 1.72 bits per heavy atom. The van der Waals surface area contributed by atoms with Crippen LogP contribution >= 0.6 is 0 Å². The molecule has 6 heteroatoms. The zero-order valence-corrected chi connectivity index (χ0v) is 10.8. The number of aliphatic imine (C=N–C) groups is 1. The first-order valence-electron chi connectivity index (χ1n) is 5.42. The van der Waals surface area contributed by atoms with Gasteiger partial charge in [-0.3, -0.25) is 9.13 Å². The van der Waals surface area contributed by atoms with Crippen LogP contribution in [0.3, 0.4) is 0 Å². The lowest BCUT2D eigenvalue weighted by atomic mass is 10.2. The Labute approximate surface area is 104 Å². The fourth-order valence-corrected chi connectivity index (χ4v) is 2.02. The second kappa shape index (κ2) is 4.16. The zero-order chi connectivity index (χ0) is 13.4. The SMILES string of the molecule is CN(C)c1cc2c(cc1N=C=O)n(C)c(=O)n2C. The van der Waals surface area contributed by atoms with Crippen molar-refractivity contribution in [3.05, 3.63) is 22.6 Å². The van der Waals surface area contributed by atoms with E-state index in [2.05, 4.69) is 4.99 Å². The molecule has 0 saturated heterocycles. The predicted molar refractivity (Wildman–Crippen MR) is 70.3 cm³/mol. The van der Waals surface area contributed by atoms with E-state index < -0.39 is 0 Å². The highest BCUT2D eigenvalue weighted by molar-refractivity contribution is 5.88. The Hall–Kier alpha value is -2.33. The Balaban J connectivity index is 2.93. The van der Waals surface area contributed by atoms with Gasteiger partial charge in [-0.2, -0.15) is 4.99 Å². The monoisotopic (exact) mass is 246 g/mol. The lowest BCUT2D eigenvalue weighted by Gasteiger charge is -2.14. The quantitative estimate of drug-likeness (QED) is 0.584. The highest BCUT2D eigenvalue weighted by Crippen LogP contribution is 2.31. The van der Waals surface area contributed by atoms with Crippen LogP contribution in [0.5, 0.6) is 0 Å². The summed E-state index contributed by atoms with van der Waals surface area (Å²) in [6.45, 7) is 0. The molecule has 0 radical (unpaired) electrons. The van der Waals surface area contributed by atoms with Crippen molar-refractivity contribution in [3.63, 3.8) is 0 Å². The van der Waals surface area contributed by atoms with Gasteiger partial charge in [-0.15, -0.1) is 0 Å². The van der Waals surface area contributed by atoms with Gasteiger partial charge < -0.3 is 4.90 Å². The molecule has 6 nitrogen and oxygen atoms in total. The molecule has 94 valence electrons. The number of aryl methyl sites for hydroxylation is 2. The van der Waals surface area contributed by atoms with Crippen LogP contribution in [0.15, 0.2) is 21.9 Å². The minimum Gasteiger partial charge on any atom is -0.376 e. The zero-order valence-electron chi connectivity index (χ0n) is 10.8. The van der Waals surface area contributed by atoms with Crippen molar-refractivity contribution in [3.8, 4) is 0 Å². The third kappa shape index (κ3) is 1.63.